The molecule has 0 saturated carbocycles. The first kappa shape index (κ1) is 30.8. The Hall–Kier alpha value is -3.47. The zero-order valence-corrected chi connectivity index (χ0v) is 22.8. The van der Waals surface area contributed by atoms with Gasteiger partial charge in [-0.1, -0.05) is 58.0 Å². The Bertz CT molecular complexity index is 997. The largest absolute Gasteiger partial charge is 0.480 e. The number of aliphatic carboxylic acids is 1. The van der Waals surface area contributed by atoms with Gasteiger partial charge in [0.2, 0.25) is 23.6 Å². The average Bonchev–Trinajstić information content (AvgIpc) is 3.34. The molecule has 1 saturated heterocycles. The number of benzene rings is 1. The van der Waals surface area contributed by atoms with Gasteiger partial charge in [-0.05, 0) is 37.2 Å². The maximum Gasteiger partial charge on any atom is 0.326 e. The molecule has 1 aliphatic heterocycles. The summed E-state index contributed by atoms with van der Waals surface area (Å²) in [5, 5.41) is 17.5. The summed E-state index contributed by atoms with van der Waals surface area (Å²) in [5.74, 6) is -3.76. The molecule has 1 aromatic rings. The van der Waals surface area contributed by atoms with Gasteiger partial charge in [-0.15, -0.1) is 0 Å². The zero-order chi connectivity index (χ0) is 28.6. The summed E-state index contributed by atoms with van der Waals surface area (Å²) in [7, 11) is 0. The number of carbonyl (C=O) groups excluding carboxylic acids is 4. The summed E-state index contributed by atoms with van der Waals surface area (Å²) in [4.78, 5) is 65.3. The normalized spacial score (nSPS) is 18.4. The summed E-state index contributed by atoms with van der Waals surface area (Å²) in [6, 6.07) is 4.40. The molecular weight excluding hydrogens is 490 g/mol. The van der Waals surface area contributed by atoms with Gasteiger partial charge in [-0.25, -0.2) is 4.79 Å². The number of rotatable bonds is 12. The van der Waals surface area contributed by atoms with Gasteiger partial charge < -0.3 is 31.7 Å². The predicted molar refractivity (Wildman–Crippen MR) is 142 cm³/mol. The minimum absolute atomic E-state index is 0.141. The number of carboxylic acids is 1. The van der Waals surface area contributed by atoms with Crippen molar-refractivity contribution in [1.29, 1.82) is 0 Å². The Morgan fingerprint density at radius 3 is 2.03 bits per heavy atom. The van der Waals surface area contributed by atoms with E-state index in [1.165, 1.54) is 11.8 Å². The van der Waals surface area contributed by atoms with Crippen LogP contribution in [0.5, 0.6) is 0 Å². The summed E-state index contributed by atoms with van der Waals surface area (Å²) >= 11 is 0. The summed E-state index contributed by atoms with van der Waals surface area (Å²) in [5.41, 5.74) is 6.44. The maximum absolute atomic E-state index is 13.4. The number of carbonyl (C=O) groups is 5. The highest BCUT2D eigenvalue weighted by molar-refractivity contribution is 5.96. The number of nitrogens with zero attached hydrogens (tertiary/aromatic N) is 1. The number of nitrogens with two attached hydrogens (primary N) is 1. The van der Waals surface area contributed by atoms with E-state index in [9.17, 15) is 29.1 Å². The molecule has 0 radical (unpaired) electrons. The van der Waals surface area contributed by atoms with E-state index in [4.69, 9.17) is 5.73 Å². The van der Waals surface area contributed by atoms with E-state index in [1.807, 2.05) is 18.2 Å². The van der Waals surface area contributed by atoms with Crippen LogP contribution in [0.25, 0.3) is 0 Å². The highest BCUT2D eigenvalue weighted by atomic mass is 16.4. The fourth-order valence-corrected chi connectivity index (χ4v) is 4.37. The standard InChI is InChI=1S/C27H41N5O6/c1-15(2)21(30-23(33)17(5)28)26(36)32-13-9-12-20(32)25(35)29-19(14-18-10-7-6-8-11-18)24(34)31-22(16(3)4)27(37)38/h6-8,10-11,15-17,19-22H,9,12-14,28H2,1-5H3,(H,29,35)(H,30,33)(H,31,34)(H,37,38)/t17-,19-,20-,21-,22-/m0/s1. The van der Waals surface area contributed by atoms with E-state index in [2.05, 4.69) is 16.0 Å². The van der Waals surface area contributed by atoms with Crippen LogP contribution in [-0.2, 0) is 30.4 Å². The quantitative estimate of drug-likeness (QED) is 0.260. The second-order valence-corrected chi connectivity index (χ2v) is 10.5. The highest BCUT2D eigenvalue weighted by Gasteiger charge is 2.40. The third-order valence-electron chi connectivity index (χ3n) is 6.63. The first-order valence-electron chi connectivity index (χ1n) is 13.1. The first-order chi connectivity index (χ1) is 17.8. The van der Waals surface area contributed by atoms with Gasteiger partial charge in [0.15, 0.2) is 0 Å². The molecule has 11 nitrogen and oxygen atoms in total. The van der Waals surface area contributed by atoms with E-state index < -0.39 is 53.9 Å². The van der Waals surface area contributed by atoms with E-state index in [1.54, 1.807) is 39.8 Å². The smallest absolute Gasteiger partial charge is 0.326 e. The number of nitrogens with one attached hydrogen (secondary N) is 3. The van der Waals surface area contributed by atoms with Crippen LogP contribution in [0.4, 0.5) is 0 Å². The lowest BCUT2D eigenvalue weighted by Crippen LogP contribution is -2.59. The van der Waals surface area contributed by atoms with Crippen molar-refractivity contribution in [3.63, 3.8) is 0 Å². The van der Waals surface area contributed by atoms with Gasteiger partial charge in [0.05, 0.1) is 6.04 Å². The molecule has 0 bridgehead atoms. The molecular formula is C27H41N5O6. The van der Waals surface area contributed by atoms with Crippen molar-refractivity contribution in [3.8, 4) is 0 Å². The van der Waals surface area contributed by atoms with E-state index >= 15 is 0 Å². The Morgan fingerprint density at radius 2 is 1.50 bits per heavy atom. The fraction of sp³-hybridized carbons (Fsp3) is 0.593. The van der Waals surface area contributed by atoms with Gasteiger partial charge in [0.1, 0.15) is 24.2 Å². The monoisotopic (exact) mass is 531 g/mol. The second-order valence-electron chi connectivity index (χ2n) is 10.5. The lowest BCUT2D eigenvalue weighted by molar-refractivity contribution is -0.144. The maximum atomic E-state index is 13.4. The van der Waals surface area contributed by atoms with Crippen molar-refractivity contribution in [1.82, 2.24) is 20.9 Å². The predicted octanol–water partition coefficient (Wildman–Crippen LogP) is 0.418. The van der Waals surface area contributed by atoms with Crippen LogP contribution in [0.1, 0.15) is 53.0 Å². The van der Waals surface area contributed by atoms with Gasteiger partial charge in [-0.2, -0.15) is 0 Å². The van der Waals surface area contributed by atoms with Gasteiger partial charge >= 0.3 is 5.97 Å². The average molecular weight is 532 g/mol. The third-order valence-corrected chi connectivity index (χ3v) is 6.63. The van der Waals surface area contributed by atoms with E-state index in [0.29, 0.717) is 19.4 Å². The first-order valence-corrected chi connectivity index (χ1v) is 13.1. The van der Waals surface area contributed by atoms with Crippen LogP contribution >= 0.6 is 0 Å². The molecule has 1 aromatic carbocycles. The van der Waals surface area contributed by atoms with Crippen LogP contribution in [0.3, 0.4) is 0 Å². The molecule has 38 heavy (non-hydrogen) atoms. The summed E-state index contributed by atoms with van der Waals surface area (Å²) in [6.45, 7) is 8.81. The summed E-state index contributed by atoms with van der Waals surface area (Å²) in [6.07, 6.45) is 1.12. The zero-order valence-electron chi connectivity index (χ0n) is 22.8. The molecule has 6 N–H and O–H groups in total. The number of amides is 4. The number of hydrogen-bond donors (Lipinski definition) is 5. The van der Waals surface area contributed by atoms with Crippen molar-refractivity contribution >= 4 is 29.6 Å². The van der Waals surface area contributed by atoms with Gasteiger partial charge in [0.25, 0.3) is 0 Å². The van der Waals surface area contributed by atoms with Crippen molar-refractivity contribution in [2.75, 3.05) is 6.54 Å². The van der Waals surface area contributed by atoms with Crippen LogP contribution in [0, 0.1) is 11.8 Å². The van der Waals surface area contributed by atoms with Crippen LogP contribution in [0.15, 0.2) is 30.3 Å². The molecule has 2 rings (SSSR count). The molecule has 0 unspecified atom stereocenters. The van der Waals surface area contributed by atoms with Crippen LogP contribution in [0.2, 0.25) is 0 Å². The lowest BCUT2D eigenvalue weighted by Gasteiger charge is -2.31. The molecule has 11 heteroatoms. The Balaban J connectivity index is 2.24. The van der Waals surface area contributed by atoms with Gasteiger partial charge in [-0.3, -0.25) is 19.2 Å². The molecule has 1 aliphatic rings. The molecule has 1 heterocycles. The minimum atomic E-state index is -1.17. The minimum Gasteiger partial charge on any atom is -0.480 e. The van der Waals surface area contributed by atoms with Crippen LogP contribution in [-0.4, -0.2) is 76.4 Å². The number of likely N-dealkylation sites (tertiary alicyclic amines) is 1. The van der Waals surface area contributed by atoms with E-state index in [0.717, 1.165) is 5.56 Å². The fourth-order valence-electron chi connectivity index (χ4n) is 4.37. The number of carboxylic acid groups (broad SMARTS) is 1. The topological polar surface area (TPSA) is 171 Å². The second kappa shape index (κ2) is 13.9. The molecule has 5 atom stereocenters. The Labute approximate surface area is 223 Å². The van der Waals surface area contributed by atoms with Crippen molar-refractivity contribution in [3.05, 3.63) is 35.9 Å². The van der Waals surface area contributed by atoms with Crippen molar-refractivity contribution < 1.29 is 29.1 Å². The van der Waals surface area contributed by atoms with Crippen molar-refractivity contribution in [2.45, 2.75) is 84.1 Å². The van der Waals surface area contributed by atoms with Crippen LogP contribution < -0.4 is 21.7 Å². The Kier molecular flexibility index (Phi) is 11.2. The molecule has 1 fully saturated rings. The van der Waals surface area contributed by atoms with Gasteiger partial charge in [0, 0.05) is 13.0 Å². The third kappa shape index (κ3) is 8.27. The SMILES string of the molecule is CC(C)[C@H](NC(=O)[C@H](Cc1ccccc1)NC(=O)[C@@H]1CCCN1C(=O)[C@@H](NC(=O)[C@H](C)N)C(C)C)C(=O)O. The molecule has 0 aromatic heterocycles. The molecule has 0 aliphatic carbocycles. The highest BCUT2D eigenvalue weighted by Crippen LogP contribution is 2.21. The molecule has 210 valence electrons. The lowest BCUT2D eigenvalue weighted by atomic mass is 10.0. The van der Waals surface area contributed by atoms with E-state index in [-0.39, 0.29) is 24.2 Å². The van der Waals surface area contributed by atoms with Crippen molar-refractivity contribution in [2.24, 2.45) is 17.6 Å². The number of hydrogen-bond acceptors (Lipinski definition) is 6. The molecule has 4 amide bonds. The summed E-state index contributed by atoms with van der Waals surface area (Å²) < 4.78 is 0. The molecule has 0 spiro atoms. The Morgan fingerprint density at radius 1 is 0.921 bits per heavy atom.